The van der Waals surface area contributed by atoms with Gasteiger partial charge in [-0.3, -0.25) is 4.79 Å². The van der Waals surface area contributed by atoms with Crippen LogP contribution in [0.25, 0.3) is 0 Å². The summed E-state index contributed by atoms with van der Waals surface area (Å²) in [6.45, 7) is 4.00. The number of unbranched alkanes of at least 4 members (excludes halogenated alkanes) is 1. The number of esters is 1. The Morgan fingerprint density at radius 1 is 1.06 bits per heavy atom. The summed E-state index contributed by atoms with van der Waals surface area (Å²) in [6, 6.07) is -0.475. The van der Waals surface area contributed by atoms with Gasteiger partial charge in [-0.1, -0.05) is 6.42 Å². The summed E-state index contributed by atoms with van der Waals surface area (Å²) in [4.78, 5) is 11.0. The predicted molar refractivity (Wildman–Crippen MR) is 80.1 cm³/mol. The number of ether oxygens (including phenoxy) is 1. The highest BCUT2D eigenvalue weighted by Gasteiger charge is 2.12. The monoisotopic (exact) mass is 306 g/mol. The first-order chi connectivity index (χ1) is 7.63. The van der Waals surface area contributed by atoms with Crippen LogP contribution in [0.15, 0.2) is 0 Å². The van der Waals surface area contributed by atoms with Gasteiger partial charge in [0.15, 0.2) is 0 Å². The zero-order valence-electron chi connectivity index (χ0n) is 11.0. The number of rotatable bonds is 7. The standard InChI is InChI=1S/C8H18N2O2.C2H8N2.2ClH/c1-2-12-8(11)7(10)5-3-4-6-9;3-1-2-4;;/h7H,2-6,9-10H2,1H3;1-4H2;2*1H/t7-;;;/m0.../s1. The quantitative estimate of drug-likeness (QED) is 0.379. The smallest absolute Gasteiger partial charge is 0.322 e. The lowest BCUT2D eigenvalue weighted by molar-refractivity contribution is -0.144. The second-order valence-electron chi connectivity index (χ2n) is 3.22. The minimum Gasteiger partial charge on any atom is -0.465 e. The van der Waals surface area contributed by atoms with Gasteiger partial charge in [0.05, 0.1) is 6.61 Å². The minimum absolute atomic E-state index is 0. The molecule has 0 fully saturated rings. The van der Waals surface area contributed by atoms with E-state index in [-0.39, 0.29) is 30.8 Å². The molecule has 0 rings (SSSR count). The molecule has 1 atom stereocenters. The van der Waals surface area contributed by atoms with Crippen molar-refractivity contribution in [3.05, 3.63) is 0 Å². The highest BCUT2D eigenvalue weighted by atomic mass is 35.5. The summed E-state index contributed by atoms with van der Waals surface area (Å²) < 4.78 is 4.74. The van der Waals surface area contributed by atoms with Gasteiger partial charge >= 0.3 is 5.97 Å². The van der Waals surface area contributed by atoms with Gasteiger partial charge < -0.3 is 27.7 Å². The van der Waals surface area contributed by atoms with Crippen LogP contribution in [0.3, 0.4) is 0 Å². The molecule has 6 nitrogen and oxygen atoms in total. The van der Waals surface area contributed by atoms with Crippen LogP contribution in [0, 0.1) is 0 Å². The average Bonchev–Trinajstić information content (AvgIpc) is 2.30. The van der Waals surface area contributed by atoms with Gasteiger partial charge in [-0.05, 0) is 26.3 Å². The first-order valence-corrected chi connectivity index (χ1v) is 5.66. The molecule has 0 bridgehead atoms. The zero-order valence-corrected chi connectivity index (χ0v) is 12.6. The Balaban J connectivity index is -0.000000143. The highest BCUT2D eigenvalue weighted by molar-refractivity contribution is 5.85. The van der Waals surface area contributed by atoms with Gasteiger partial charge in [-0.2, -0.15) is 0 Å². The van der Waals surface area contributed by atoms with Crippen molar-refractivity contribution in [2.45, 2.75) is 32.2 Å². The Morgan fingerprint density at radius 2 is 1.56 bits per heavy atom. The van der Waals surface area contributed by atoms with E-state index in [0.29, 0.717) is 32.7 Å². The van der Waals surface area contributed by atoms with Crippen molar-refractivity contribution >= 4 is 30.8 Å². The maximum atomic E-state index is 11.0. The van der Waals surface area contributed by atoms with Gasteiger partial charge in [-0.15, -0.1) is 24.8 Å². The lowest BCUT2D eigenvalue weighted by Crippen LogP contribution is -2.32. The molecule has 0 aliphatic heterocycles. The second kappa shape index (κ2) is 22.1. The number of hydrogen-bond donors (Lipinski definition) is 4. The Labute approximate surface area is 122 Å². The predicted octanol–water partition coefficient (Wildman–Crippen LogP) is -0.247. The van der Waals surface area contributed by atoms with Crippen molar-refractivity contribution in [2.24, 2.45) is 22.9 Å². The number of carbonyl (C=O) groups excluding carboxylic acids is 1. The Morgan fingerprint density at radius 3 is 1.89 bits per heavy atom. The van der Waals surface area contributed by atoms with Crippen LogP contribution in [0.2, 0.25) is 0 Å². The Kier molecular flexibility index (Phi) is 32.5. The van der Waals surface area contributed by atoms with Crippen LogP contribution in [-0.4, -0.2) is 38.3 Å². The molecule has 18 heavy (non-hydrogen) atoms. The lowest BCUT2D eigenvalue weighted by atomic mass is 10.1. The third kappa shape index (κ3) is 21.2. The molecule has 0 aromatic heterocycles. The molecule has 8 heteroatoms. The summed E-state index contributed by atoms with van der Waals surface area (Å²) in [5, 5.41) is 0. The van der Waals surface area contributed by atoms with Gasteiger partial charge in [0.1, 0.15) is 6.04 Å². The van der Waals surface area contributed by atoms with Crippen LogP contribution in [0.5, 0.6) is 0 Å². The molecule has 114 valence electrons. The fourth-order valence-corrected chi connectivity index (χ4v) is 0.876. The van der Waals surface area contributed by atoms with E-state index in [4.69, 9.17) is 27.7 Å². The van der Waals surface area contributed by atoms with E-state index in [2.05, 4.69) is 0 Å². The van der Waals surface area contributed by atoms with E-state index in [1.807, 2.05) is 0 Å². The Bertz CT molecular complexity index is 163. The zero-order chi connectivity index (χ0) is 12.8. The number of carbonyl (C=O) groups is 1. The summed E-state index contributed by atoms with van der Waals surface area (Å²) in [6.07, 6.45) is 2.46. The van der Waals surface area contributed by atoms with Crippen molar-refractivity contribution in [1.29, 1.82) is 0 Å². The first kappa shape index (κ1) is 26.5. The summed E-state index contributed by atoms with van der Waals surface area (Å²) in [5.41, 5.74) is 20.6. The van der Waals surface area contributed by atoms with Crippen LogP contribution in [-0.2, 0) is 9.53 Å². The van der Waals surface area contributed by atoms with Gasteiger partial charge in [0.25, 0.3) is 0 Å². The van der Waals surface area contributed by atoms with Crippen molar-refractivity contribution in [3.8, 4) is 0 Å². The van der Waals surface area contributed by atoms with Crippen LogP contribution in [0.1, 0.15) is 26.2 Å². The number of halogens is 2. The third-order valence-electron chi connectivity index (χ3n) is 1.73. The first-order valence-electron chi connectivity index (χ1n) is 5.66. The number of nitrogens with two attached hydrogens (primary N) is 4. The highest BCUT2D eigenvalue weighted by Crippen LogP contribution is 1.99. The second-order valence-corrected chi connectivity index (χ2v) is 3.22. The van der Waals surface area contributed by atoms with Crippen molar-refractivity contribution < 1.29 is 9.53 Å². The van der Waals surface area contributed by atoms with Gasteiger partial charge in [0, 0.05) is 13.1 Å². The van der Waals surface area contributed by atoms with Crippen molar-refractivity contribution in [3.63, 3.8) is 0 Å². The molecule has 0 saturated carbocycles. The summed E-state index contributed by atoms with van der Waals surface area (Å²) in [7, 11) is 0. The summed E-state index contributed by atoms with van der Waals surface area (Å²) in [5.74, 6) is -0.311. The molecule has 0 saturated heterocycles. The summed E-state index contributed by atoms with van der Waals surface area (Å²) >= 11 is 0. The topological polar surface area (TPSA) is 130 Å². The molecule has 0 aromatic carbocycles. The fourth-order valence-electron chi connectivity index (χ4n) is 0.876. The number of hydrogen-bond acceptors (Lipinski definition) is 6. The molecule has 0 aromatic rings. The van der Waals surface area contributed by atoms with Gasteiger partial charge in [-0.25, -0.2) is 0 Å². The third-order valence-corrected chi connectivity index (χ3v) is 1.73. The fraction of sp³-hybridized carbons (Fsp3) is 0.900. The molecular weight excluding hydrogens is 279 g/mol. The van der Waals surface area contributed by atoms with E-state index in [1.54, 1.807) is 6.92 Å². The molecule has 0 heterocycles. The molecule has 0 aliphatic carbocycles. The Hall–Kier alpha value is -0.110. The van der Waals surface area contributed by atoms with E-state index < -0.39 is 6.04 Å². The van der Waals surface area contributed by atoms with Crippen LogP contribution >= 0.6 is 24.8 Å². The van der Waals surface area contributed by atoms with Crippen molar-refractivity contribution in [2.75, 3.05) is 26.2 Å². The molecule has 8 N–H and O–H groups in total. The normalized spacial score (nSPS) is 10.1. The van der Waals surface area contributed by atoms with Crippen molar-refractivity contribution in [1.82, 2.24) is 0 Å². The maximum Gasteiger partial charge on any atom is 0.322 e. The molecule has 0 unspecified atom stereocenters. The van der Waals surface area contributed by atoms with E-state index in [9.17, 15) is 4.79 Å². The molecule has 0 spiro atoms. The van der Waals surface area contributed by atoms with Crippen LogP contribution < -0.4 is 22.9 Å². The molecule has 0 radical (unpaired) electrons. The average molecular weight is 307 g/mol. The van der Waals surface area contributed by atoms with E-state index in [1.165, 1.54) is 0 Å². The lowest BCUT2D eigenvalue weighted by Gasteiger charge is -2.09. The van der Waals surface area contributed by atoms with Gasteiger partial charge in [0.2, 0.25) is 0 Å². The molecule has 0 aliphatic rings. The van der Waals surface area contributed by atoms with E-state index >= 15 is 0 Å². The largest absolute Gasteiger partial charge is 0.465 e. The minimum atomic E-state index is -0.475. The van der Waals surface area contributed by atoms with Crippen LogP contribution in [0.4, 0.5) is 0 Å². The molecular formula is C10H28Cl2N4O2. The molecule has 0 amide bonds. The maximum absolute atomic E-state index is 11.0. The van der Waals surface area contributed by atoms with E-state index in [0.717, 1.165) is 12.8 Å². The SMILES string of the molecule is CCOC(=O)[C@@H](N)CCCCN.Cl.Cl.NCCN.